The van der Waals surface area contributed by atoms with Crippen LogP contribution in [0, 0.1) is 0 Å². The minimum Gasteiger partial charge on any atom is -0.480 e. The zero-order valence-corrected chi connectivity index (χ0v) is 16.2. The maximum atomic E-state index is 10.8. The van der Waals surface area contributed by atoms with Gasteiger partial charge < -0.3 is 15.2 Å². The van der Waals surface area contributed by atoms with Gasteiger partial charge in [0.1, 0.15) is 18.1 Å². The van der Waals surface area contributed by atoms with Gasteiger partial charge in [-0.1, -0.05) is 53.5 Å². The second-order valence-electron chi connectivity index (χ2n) is 4.76. The first-order valence-electron chi connectivity index (χ1n) is 7.62. The van der Waals surface area contributed by atoms with E-state index in [1.807, 2.05) is 45.1 Å². The van der Waals surface area contributed by atoms with Crippen LogP contribution in [0.5, 0.6) is 5.75 Å². The minimum absolute atomic E-state index is 0.170. The number of aliphatic carboxylic acids is 1. The molecule has 1 aromatic rings. The van der Waals surface area contributed by atoms with Gasteiger partial charge >= 0.3 is 5.97 Å². The molecule has 0 heterocycles. The van der Waals surface area contributed by atoms with Crippen molar-refractivity contribution < 1.29 is 14.6 Å². The predicted molar refractivity (Wildman–Crippen MR) is 101 cm³/mol. The van der Waals surface area contributed by atoms with E-state index >= 15 is 0 Å². The Hall–Kier alpha value is -1.72. The molecule has 0 aliphatic heterocycles. The normalized spacial score (nSPS) is 13.5. The summed E-state index contributed by atoms with van der Waals surface area (Å²) < 4.78 is 6.75. The van der Waals surface area contributed by atoms with E-state index in [1.165, 1.54) is 0 Å². The number of halogens is 2. The van der Waals surface area contributed by atoms with Crippen LogP contribution in [-0.4, -0.2) is 17.6 Å². The Morgan fingerprint density at radius 1 is 1.42 bits per heavy atom. The smallest absolute Gasteiger partial charge is 0.322 e. The van der Waals surface area contributed by atoms with E-state index in [-0.39, 0.29) is 6.54 Å². The molecule has 1 aliphatic carbocycles. The molecule has 2 N–H and O–H groups in total. The Morgan fingerprint density at radius 3 is 2.75 bits per heavy atom. The molecule has 0 aromatic heterocycles. The number of nitrogens with one attached hydrogen (secondary N) is 1. The number of carboxylic acid groups (broad SMARTS) is 1. The molecule has 24 heavy (non-hydrogen) atoms. The lowest BCUT2D eigenvalue weighted by molar-refractivity contribution is -0.135. The van der Waals surface area contributed by atoms with Gasteiger partial charge in [0, 0.05) is 10.9 Å². The lowest BCUT2D eigenvalue weighted by atomic mass is 10.2. The van der Waals surface area contributed by atoms with E-state index in [1.54, 1.807) is 12.1 Å². The zero-order valence-electron chi connectivity index (χ0n) is 13.9. The molecule has 130 valence electrons. The van der Waals surface area contributed by atoms with Crippen molar-refractivity contribution in [2.75, 3.05) is 6.54 Å². The third-order valence-corrected chi connectivity index (χ3v) is 3.71. The number of allylic oxidation sites excluding steroid dienone is 4. The van der Waals surface area contributed by atoms with Crippen molar-refractivity contribution in [1.82, 2.24) is 5.32 Å². The van der Waals surface area contributed by atoms with Crippen molar-refractivity contribution in [3.63, 3.8) is 0 Å². The van der Waals surface area contributed by atoms with Gasteiger partial charge in [0.25, 0.3) is 0 Å². The molecule has 0 unspecified atom stereocenters. The van der Waals surface area contributed by atoms with Crippen molar-refractivity contribution >= 4 is 33.5 Å². The van der Waals surface area contributed by atoms with Gasteiger partial charge in [-0.3, -0.25) is 4.79 Å². The van der Waals surface area contributed by atoms with E-state index in [0.29, 0.717) is 28.6 Å². The van der Waals surface area contributed by atoms with Crippen LogP contribution in [0.2, 0.25) is 5.02 Å². The maximum Gasteiger partial charge on any atom is 0.322 e. The lowest BCUT2D eigenvalue weighted by Gasteiger charge is -2.14. The number of ether oxygens (including phenoxy) is 1. The van der Waals surface area contributed by atoms with E-state index in [4.69, 9.17) is 21.4 Å². The van der Waals surface area contributed by atoms with Crippen molar-refractivity contribution in [2.45, 2.75) is 27.2 Å². The number of hydrogen-bond acceptors (Lipinski definition) is 3. The summed E-state index contributed by atoms with van der Waals surface area (Å²) in [6.07, 6.45) is 6.33. The van der Waals surface area contributed by atoms with Gasteiger partial charge in [-0.2, -0.15) is 0 Å². The maximum absolute atomic E-state index is 10.8. The Kier molecular flexibility index (Phi) is 8.65. The number of carboxylic acids is 1. The first-order chi connectivity index (χ1) is 11.5. The van der Waals surface area contributed by atoms with Gasteiger partial charge in [0.15, 0.2) is 0 Å². The Bertz CT molecular complexity index is 681. The molecule has 0 amide bonds. The highest BCUT2D eigenvalue weighted by Gasteiger charge is 2.12. The van der Waals surface area contributed by atoms with Crippen molar-refractivity contribution in [2.24, 2.45) is 0 Å². The summed E-state index contributed by atoms with van der Waals surface area (Å²) in [5, 5.41) is 12.2. The van der Waals surface area contributed by atoms with Gasteiger partial charge in [-0.25, -0.2) is 0 Å². The summed E-state index contributed by atoms with van der Waals surface area (Å²) in [4.78, 5) is 10.8. The first kappa shape index (κ1) is 20.3. The highest BCUT2D eigenvalue weighted by Crippen LogP contribution is 2.30. The van der Waals surface area contributed by atoms with Gasteiger partial charge in [-0.15, -0.1) is 0 Å². The second-order valence-corrected chi connectivity index (χ2v) is 6.08. The van der Waals surface area contributed by atoms with Gasteiger partial charge in [-0.05, 0) is 36.8 Å². The molecule has 0 saturated carbocycles. The molecule has 6 heteroatoms. The minimum atomic E-state index is -0.928. The molecule has 0 radical (unpaired) electrons. The van der Waals surface area contributed by atoms with E-state index in [9.17, 15) is 4.79 Å². The summed E-state index contributed by atoms with van der Waals surface area (Å²) in [5.41, 5.74) is 1.71. The molecule has 1 aromatic carbocycles. The van der Waals surface area contributed by atoms with E-state index in [2.05, 4.69) is 21.2 Å². The van der Waals surface area contributed by atoms with E-state index < -0.39 is 5.97 Å². The van der Waals surface area contributed by atoms with Crippen LogP contribution in [0.1, 0.15) is 27.2 Å². The third-order valence-electron chi connectivity index (χ3n) is 2.93. The van der Waals surface area contributed by atoms with Crippen molar-refractivity contribution in [3.8, 4) is 5.75 Å². The van der Waals surface area contributed by atoms with Crippen LogP contribution >= 0.6 is 27.5 Å². The average molecular weight is 415 g/mol. The number of carbonyl (C=O) groups is 1. The monoisotopic (exact) mass is 413 g/mol. The summed E-state index contributed by atoms with van der Waals surface area (Å²) in [5.74, 6) is 0.149. The van der Waals surface area contributed by atoms with Crippen LogP contribution in [0.15, 0.2) is 57.9 Å². The van der Waals surface area contributed by atoms with Crippen LogP contribution in [0.25, 0.3) is 0 Å². The van der Waals surface area contributed by atoms with E-state index in [0.717, 1.165) is 10.0 Å². The lowest BCUT2D eigenvalue weighted by Crippen LogP contribution is -2.23. The molecule has 1 aliphatic rings. The van der Waals surface area contributed by atoms with Crippen LogP contribution in [0.3, 0.4) is 0 Å². The topological polar surface area (TPSA) is 58.6 Å². The Morgan fingerprint density at radius 2 is 2.12 bits per heavy atom. The standard InChI is InChI=1S/C16H15BrClNO3.C2H6/c1-10-3-2-4-13(19-9-16(20)21)15(7-10)22-14-6-5-11(17)8-12(14)18;1-2/h2-3,5-8,19H,4,9H2,1H3,(H,20,21);1-2H3. The van der Waals surface area contributed by atoms with Crippen LogP contribution in [0.4, 0.5) is 0 Å². The fourth-order valence-electron chi connectivity index (χ4n) is 1.91. The third kappa shape index (κ3) is 6.42. The molecule has 0 atom stereocenters. The number of benzene rings is 1. The zero-order chi connectivity index (χ0) is 18.1. The molecular weight excluding hydrogens is 394 g/mol. The molecule has 4 nitrogen and oxygen atoms in total. The molecule has 0 bridgehead atoms. The highest BCUT2D eigenvalue weighted by molar-refractivity contribution is 9.10. The predicted octanol–water partition coefficient (Wildman–Crippen LogP) is 5.30. The fourth-order valence-corrected chi connectivity index (χ4v) is 2.63. The molecule has 2 rings (SSSR count). The summed E-state index contributed by atoms with van der Waals surface area (Å²) in [6.45, 7) is 5.78. The van der Waals surface area contributed by atoms with Crippen molar-refractivity contribution in [1.29, 1.82) is 0 Å². The van der Waals surface area contributed by atoms with Crippen LogP contribution in [-0.2, 0) is 4.79 Å². The van der Waals surface area contributed by atoms with Gasteiger partial charge in [0.05, 0.1) is 10.7 Å². The van der Waals surface area contributed by atoms with Crippen LogP contribution < -0.4 is 10.1 Å². The summed E-state index contributed by atoms with van der Waals surface area (Å²) >= 11 is 9.52. The first-order valence-corrected chi connectivity index (χ1v) is 8.79. The average Bonchev–Trinajstić information content (AvgIpc) is 2.71. The Labute approximate surface area is 156 Å². The summed E-state index contributed by atoms with van der Waals surface area (Å²) in [6, 6.07) is 5.33. The SMILES string of the molecule is CC.CC1=CC(Oc2ccc(Br)cc2Cl)=C(NCC(=O)O)CC=C1. The van der Waals surface area contributed by atoms with Crippen molar-refractivity contribution in [3.05, 3.63) is 63.0 Å². The van der Waals surface area contributed by atoms with Gasteiger partial charge in [0.2, 0.25) is 0 Å². The Balaban J connectivity index is 0.00000139. The molecular formula is C18H21BrClNO3. The highest BCUT2D eigenvalue weighted by atomic mass is 79.9. The number of rotatable bonds is 5. The quantitative estimate of drug-likeness (QED) is 0.686. The fraction of sp³-hybridized carbons (Fsp3) is 0.278. The second kappa shape index (κ2) is 10.2. The molecule has 0 fully saturated rings. The largest absolute Gasteiger partial charge is 0.480 e. The number of hydrogen-bond donors (Lipinski definition) is 2. The summed E-state index contributed by atoms with van der Waals surface area (Å²) in [7, 11) is 0. The molecule has 0 spiro atoms. The molecule has 0 saturated heterocycles.